The van der Waals surface area contributed by atoms with E-state index in [1.807, 2.05) is 36.0 Å². The van der Waals surface area contributed by atoms with Crippen LogP contribution in [0.4, 0.5) is 0 Å². The van der Waals surface area contributed by atoms with E-state index in [0.717, 1.165) is 28.0 Å². The van der Waals surface area contributed by atoms with Crippen LogP contribution >= 0.6 is 11.8 Å². The van der Waals surface area contributed by atoms with Gasteiger partial charge in [-0.15, -0.1) is 0 Å². The van der Waals surface area contributed by atoms with Gasteiger partial charge in [0.15, 0.2) is 5.16 Å². The first-order valence-electron chi connectivity index (χ1n) is 5.55. The molecule has 96 valence electrons. The fraction of sp³-hybridized carbons (Fsp3) is 0.308. The van der Waals surface area contributed by atoms with E-state index in [4.69, 9.17) is 9.47 Å². The summed E-state index contributed by atoms with van der Waals surface area (Å²) in [6.45, 7) is 0. The summed E-state index contributed by atoms with van der Waals surface area (Å²) >= 11 is 1.67. The number of hydrogen-bond donors (Lipinski definition) is 0. The van der Waals surface area contributed by atoms with Gasteiger partial charge in [0.1, 0.15) is 11.5 Å². The molecular formula is C13H16N2O2S. The standard InChI is InChI=1S/C13H16N2O2S/c1-15-7-6-14-13(15)18-9-10-8-11(16-2)4-5-12(10)17-3/h4-8H,9H2,1-3H3. The van der Waals surface area contributed by atoms with Crippen LogP contribution in [0.1, 0.15) is 5.56 Å². The Morgan fingerprint density at radius 1 is 1.28 bits per heavy atom. The number of methoxy groups -OCH3 is 2. The molecule has 0 radical (unpaired) electrons. The molecule has 0 aliphatic carbocycles. The van der Waals surface area contributed by atoms with Crippen LogP contribution in [0, 0.1) is 0 Å². The van der Waals surface area contributed by atoms with Gasteiger partial charge in [-0.25, -0.2) is 4.98 Å². The minimum absolute atomic E-state index is 0.797. The second-order valence-electron chi connectivity index (χ2n) is 3.79. The van der Waals surface area contributed by atoms with Gasteiger partial charge in [-0.2, -0.15) is 0 Å². The van der Waals surface area contributed by atoms with Crippen molar-refractivity contribution in [3.63, 3.8) is 0 Å². The predicted octanol–water partition coefficient (Wildman–Crippen LogP) is 2.73. The topological polar surface area (TPSA) is 36.3 Å². The van der Waals surface area contributed by atoms with E-state index in [0.29, 0.717) is 0 Å². The van der Waals surface area contributed by atoms with Crippen molar-refractivity contribution in [2.45, 2.75) is 10.9 Å². The number of thioether (sulfide) groups is 1. The number of benzene rings is 1. The van der Waals surface area contributed by atoms with Crippen LogP contribution in [0.5, 0.6) is 11.5 Å². The molecule has 1 heterocycles. The fourth-order valence-electron chi connectivity index (χ4n) is 1.63. The summed E-state index contributed by atoms with van der Waals surface area (Å²) in [5.41, 5.74) is 1.10. The van der Waals surface area contributed by atoms with Gasteiger partial charge >= 0.3 is 0 Å². The normalized spacial score (nSPS) is 10.4. The summed E-state index contributed by atoms with van der Waals surface area (Å²) in [7, 11) is 5.33. The summed E-state index contributed by atoms with van der Waals surface area (Å²) in [4.78, 5) is 4.28. The molecule has 0 atom stereocenters. The predicted molar refractivity (Wildman–Crippen MR) is 72.3 cm³/mol. The molecule has 0 amide bonds. The lowest BCUT2D eigenvalue weighted by Crippen LogP contribution is -1.94. The van der Waals surface area contributed by atoms with Gasteiger partial charge in [-0.1, -0.05) is 11.8 Å². The Balaban J connectivity index is 2.14. The number of rotatable bonds is 5. The van der Waals surface area contributed by atoms with Crippen molar-refractivity contribution in [3.05, 3.63) is 36.2 Å². The maximum absolute atomic E-state index is 5.35. The van der Waals surface area contributed by atoms with Crippen LogP contribution in [0.15, 0.2) is 35.7 Å². The number of hydrogen-bond acceptors (Lipinski definition) is 4. The minimum atomic E-state index is 0.797. The van der Waals surface area contributed by atoms with Gasteiger partial charge in [0.25, 0.3) is 0 Å². The Labute approximate surface area is 111 Å². The first kappa shape index (κ1) is 12.8. The van der Waals surface area contributed by atoms with Crippen LogP contribution in [0.25, 0.3) is 0 Å². The largest absolute Gasteiger partial charge is 0.497 e. The molecule has 5 heteroatoms. The van der Waals surface area contributed by atoms with Gasteiger partial charge < -0.3 is 14.0 Å². The molecule has 18 heavy (non-hydrogen) atoms. The van der Waals surface area contributed by atoms with Gasteiger partial charge in [-0.3, -0.25) is 0 Å². The molecule has 0 spiro atoms. The summed E-state index contributed by atoms with van der Waals surface area (Å²) in [6, 6.07) is 5.82. The molecule has 4 nitrogen and oxygen atoms in total. The lowest BCUT2D eigenvalue weighted by atomic mass is 10.2. The average Bonchev–Trinajstić information content (AvgIpc) is 2.81. The molecule has 0 fully saturated rings. The maximum Gasteiger partial charge on any atom is 0.167 e. The van der Waals surface area contributed by atoms with Crippen molar-refractivity contribution in [1.82, 2.24) is 9.55 Å². The second-order valence-corrected chi connectivity index (χ2v) is 4.73. The van der Waals surface area contributed by atoms with E-state index in [9.17, 15) is 0 Å². The van der Waals surface area contributed by atoms with E-state index >= 15 is 0 Å². The van der Waals surface area contributed by atoms with Crippen molar-refractivity contribution in [2.75, 3.05) is 14.2 Å². The van der Waals surface area contributed by atoms with Gasteiger partial charge in [0.05, 0.1) is 14.2 Å². The molecule has 0 unspecified atom stereocenters. The van der Waals surface area contributed by atoms with Crippen molar-refractivity contribution < 1.29 is 9.47 Å². The monoisotopic (exact) mass is 264 g/mol. The van der Waals surface area contributed by atoms with Crippen molar-refractivity contribution in [1.29, 1.82) is 0 Å². The molecule has 2 rings (SSSR count). The highest BCUT2D eigenvalue weighted by atomic mass is 32.2. The molecule has 0 saturated heterocycles. The summed E-state index contributed by atoms with van der Waals surface area (Å²) in [5.74, 6) is 2.51. The van der Waals surface area contributed by atoms with Gasteiger partial charge in [0.2, 0.25) is 0 Å². The van der Waals surface area contributed by atoms with E-state index in [2.05, 4.69) is 4.98 Å². The highest BCUT2D eigenvalue weighted by Crippen LogP contribution is 2.29. The van der Waals surface area contributed by atoms with E-state index in [1.165, 1.54) is 0 Å². The molecular weight excluding hydrogens is 248 g/mol. The molecule has 0 N–H and O–H groups in total. The zero-order valence-corrected chi connectivity index (χ0v) is 11.5. The summed E-state index contributed by atoms with van der Waals surface area (Å²) in [6.07, 6.45) is 3.73. The second kappa shape index (κ2) is 5.82. The summed E-state index contributed by atoms with van der Waals surface area (Å²) < 4.78 is 12.6. The number of ether oxygens (including phenoxy) is 2. The lowest BCUT2D eigenvalue weighted by Gasteiger charge is -2.10. The Kier molecular flexibility index (Phi) is 4.15. The van der Waals surface area contributed by atoms with Crippen LogP contribution in [-0.2, 0) is 12.8 Å². The SMILES string of the molecule is COc1ccc(OC)c(CSc2nccn2C)c1. The first-order valence-corrected chi connectivity index (χ1v) is 6.54. The van der Waals surface area contributed by atoms with Crippen molar-refractivity contribution in [3.8, 4) is 11.5 Å². The highest BCUT2D eigenvalue weighted by molar-refractivity contribution is 7.98. The van der Waals surface area contributed by atoms with Crippen LogP contribution in [0.3, 0.4) is 0 Å². The number of aryl methyl sites for hydroxylation is 1. The van der Waals surface area contributed by atoms with Crippen LogP contribution in [0.2, 0.25) is 0 Å². The molecule has 0 bridgehead atoms. The van der Waals surface area contributed by atoms with E-state index in [-0.39, 0.29) is 0 Å². The quantitative estimate of drug-likeness (QED) is 0.778. The Bertz CT molecular complexity index is 525. The van der Waals surface area contributed by atoms with Crippen LogP contribution in [-0.4, -0.2) is 23.8 Å². The Morgan fingerprint density at radius 3 is 2.72 bits per heavy atom. The van der Waals surface area contributed by atoms with Crippen LogP contribution < -0.4 is 9.47 Å². The van der Waals surface area contributed by atoms with E-state index in [1.54, 1.807) is 32.2 Å². The Morgan fingerprint density at radius 2 is 2.11 bits per heavy atom. The number of imidazole rings is 1. The first-order chi connectivity index (χ1) is 8.74. The molecule has 2 aromatic rings. The number of nitrogens with zero attached hydrogens (tertiary/aromatic N) is 2. The Hall–Kier alpha value is -1.62. The smallest absolute Gasteiger partial charge is 0.167 e. The van der Waals surface area contributed by atoms with Gasteiger partial charge in [-0.05, 0) is 18.2 Å². The third-order valence-electron chi connectivity index (χ3n) is 2.62. The zero-order chi connectivity index (χ0) is 13.0. The molecule has 0 saturated carbocycles. The molecule has 0 aliphatic rings. The summed E-state index contributed by atoms with van der Waals surface area (Å²) in [5, 5.41) is 0.986. The van der Waals surface area contributed by atoms with Crippen molar-refractivity contribution in [2.24, 2.45) is 7.05 Å². The maximum atomic E-state index is 5.35. The zero-order valence-electron chi connectivity index (χ0n) is 10.7. The number of aromatic nitrogens is 2. The molecule has 1 aromatic heterocycles. The van der Waals surface area contributed by atoms with Crippen molar-refractivity contribution >= 4 is 11.8 Å². The average molecular weight is 264 g/mol. The molecule has 0 aliphatic heterocycles. The lowest BCUT2D eigenvalue weighted by molar-refractivity contribution is 0.400. The fourth-order valence-corrected chi connectivity index (χ4v) is 2.54. The van der Waals surface area contributed by atoms with Gasteiger partial charge in [0, 0.05) is 30.8 Å². The highest BCUT2D eigenvalue weighted by Gasteiger charge is 2.07. The minimum Gasteiger partial charge on any atom is -0.497 e. The third-order valence-corrected chi connectivity index (χ3v) is 3.73. The third kappa shape index (κ3) is 2.79. The van der Waals surface area contributed by atoms with E-state index < -0.39 is 0 Å². The molecule has 1 aromatic carbocycles.